The minimum atomic E-state index is -0.0821. The standard InChI is InChI=1S/C13H16N2O2/c1-8(13(17)14-2)5-9-7-15-12-4-3-10(16)6-11(9)12/h3-4,6-8,15-16H,5H2,1-2H3,(H,14,17). The van der Waals surface area contributed by atoms with E-state index < -0.39 is 0 Å². The third-order valence-corrected chi connectivity index (χ3v) is 2.97. The Kier molecular flexibility index (Phi) is 3.04. The van der Waals surface area contributed by atoms with Crippen molar-refractivity contribution in [3.05, 3.63) is 30.0 Å². The minimum Gasteiger partial charge on any atom is -0.508 e. The molecule has 0 aliphatic heterocycles. The third kappa shape index (κ3) is 2.25. The summed E-state index contributed by atoms with van der Waals surface area (Å²) in [6.07, 6.45) is 2.55. The lowest BCUT2D eigenvalue weighted by Gasteiger charge is -2.08. The number of phenolic OH excluding ortho intramolecular Hbond substituents is 1. The van der Waals surface area contributed by atoms with Crippen molar-refractivity contribution in [3.8, 4) is 5.75 Å². The number of fused-ring (bicyclic) bond motifs is 1. The molecular weight excluding hydrogens is 216 g/mol. The van der Waals surface area contributed by atoms with E-state index >= 15 is 0 Å². The number of H-pyrrole nitrogens is 1. The van der Waals surface area contributed by atoms with Gasteiger partial charge in [0.2, 0.25) is 5.91 Å². The number of amides is 1. The van der Waals surface area contributed by atoms with Crippen LogP contribution < -0.4 is 5.32 Å². The fraction of sp³-hybridized carbons (Fsp3) is 0.308. The monoisotopic (exact) mass is 232 g/mol. The molecule has 0 saturated heterocycles. The Bertz CT molecular complexity index is 545. The Hall–Kier alpha value is -1.97. The Morgan fingerprint density at radius 2 is 2.29 bits per heavy atom. The lowest BCUT2D eigenvalue weighted by molar-refractivity contribution is -0.123. The SMILES string of the molecule is CNC(=O)C(C)Cc1c[nH]c2ccc(O)cc12. The minimum absolute atomic E-state index is 0.0273. The number of aromatic nitrogens is 1. The Morgan fingerprint density at radius 3 is 3.00 bits per heavy atom. The van der Waals surface area contributed by atoms with Crippen LogP contribution in [0.25, 0.3) is 10.9 Å². The molecule has 1 amide bonds. The summed E-state index contributed by atoms with van der Waals surface area (Å²) >= 11 is 0. The van der Waals surface area contributed by atoms with E-state index in [1.165, 1.54) is 0 Å². The second kappa shape index (κ2) is 4.49. The van der Waals surface area contributed by atoms with Crippen LogP contribution >= 0.6 is 0 Å². The maximum atomic E-state index is 11.5. The van der Waals surface area contributed by atoms with Gasteiger partial charge in [-0.05, 0) is 30.2 Å². The largest absolute Gasteiger partial charge is 0.508 e. The molecule has 90 valence electrons. The van der Waals surface area contributed by atoms with E-state index in [0.29, 0.717) is 6.42 Å². The number of carbonyl (C=O) groups is 1. The first kappa shape index (κ1) is 11.5. The first-order valence-electron chi connectivity index (χ1n) is 5.62. The van der Waals surface area contributed by atoms with Gasteiger partial charge in [-0.1, -0.05) is 6.92 Å². The predicted octanol–water partition coefficient (Wildman–Crippen LogP) is 1.80. The van der Waals surface area contributed by atoms with Crippen molar-refractivity contribution >= 4 is 16.8 Å². The highest BCUT2D eigenvalue weighted by Crippen LogP contribution is 2.24. The van der Waals surface area contributed by atoms with Gasteiger partial charge in [0.25, 0.3) is 0 Å². The Morgan fingerprint density at radius 1 is 1.53 bits per heavy atom. The van der Waals surface area contributed by atoms with Crippen LogP contribution in [-0.4, -0.2) is 23.0 Å². The summed E-state index contributed by atoms with van der Waals surface area (Å²) in [4.78, 5) is 14.6. The lowest BCUT2D eigenvalue weighted by Crippen LogP contribution is -2.26. The van der Waals surface area contributed by atoms with Crippen molar-refractivity contribution in [1.29, 1.82) is 0 Å². The Balaban J connectivity index is 2.30. The maximum Gasteiger partial charge on any atom is 0.222 e. The first-order chi connectivity index (χ1) is 8.11. The van der Waals surface area contributed by atoms with Gasteiger partial charge in [0, 0.05) is 30.1 Å². The van der Waals surface area contributed by atoms with Gasteiger partial charge >= 0.3 is 0 Å². The molecule has 1 aromatic carbocycles. The first-order valence-corrected chi connectivity index (χ1v) is 5.62. The van der Waals surface area contributed by atoms with Crippen LogP contribution in [0, 0.1) is 5.92 Å². The number of aromatic hydroxyl groups is 1. The quantitative estimate of drug-likeness (QED) is 0.755. The number of hydrogen-bond donors (Lipinski definition) is 3. The van der Waals surface area contributed by atoms with Crippen LogP contribution in [0.2, 0.25) is 0 Å². The molecule has 1 heterocycles. The summed E-state index contributed by atoms with van der Waals surface area (Å²) in [7, 11) is 1.64. The molecule has 2 rings (SSSR count). The fourth-order valence-electron chi connectivity index (χ4n) is 2.00. The molecule has 3 N–H and O–H groups in total. The smallest absolute Gasteiger partial charge is 0.222 e. The molecule has 1 unspecified atom stereocenters. The topological polar surface area (TPSA) is 65.1 Å². The van der Waals surface area contributed by atoms with Gasteiger partial charge in [-0.25, -0.2) is 0 Å². The average molecular weight is 232 g/mol. The summed E-state index contributed by atoms with van der Waals surface area (Å²) in [6.45, 7) is 1.89. The van der Waals surface area contributed by atoms with Crippen LogP contribution in [0.4, 0.5) is 0 Å². The van der Waals surface area contributed by atoms with Gasteiger partial charge in [0.15, 0.2) is 0 Å². The van der Waals surface area contributed by atoms with Crippen LogP contribution in [-0.2, 0) is 11.2 Å². The molecule has 0 aliphatic carbocycles. The van der Waals surface area contributed by atoms with Crippen LogP contribution in [0.15, 0.2) is 24.4 Å². The molecule has 0 spiro atoms. The van der Waals surface area contributed by atoms with Gasteiger partial charge in [0.1, 0.15) is 5.75 Å². The second-order valence-corrected chi connectivity index (χ2v) is 4.26. The molecule has 0 saturated carbocycles. The molecule has 1 atom stereocenters. The molecule has 4 heteroatoms. The number of phenols is 1. The van der Waals surface area contributed by atoms with E-state index in [-0.39, 0.29) is 17.6 Å². The van der Waals surface area contributed by atoms with Crippen LogP contribution in [0.5, 0.6) is 5.75 Å². The van der Waals surface area contributed by atoms with Gasteiger partial charge in [0.05, 0.1) is 0 Å². The van der Waals surface area contributed by atoms with Gasteiger partial charge < -0.3 is 15.4 Å². The second-order valence-electron chi connectivity index (χ2n) is 4.26. The van der Waals surface area contributed by atoms with E-state index in [2.05, 4.69) is 10.3 Å². The number of benzene rings is 1. The molecule has 0 aliphatic rings. The van der Waals surface area contributed by atoms with Gasteiger partial charge in [-0.2, -0.15) is 0 Å². The normalized spacial score (nSPS) is 12.6. The maximum absolute atomic E-state index is 11.5. The molecule has 1 aromatic heterocycles. The van der Waals surface area contributed by atoms with Crippen LogP contribution in [0.1, 0.15) is 12.5 Å². The highest BCUT2D eigenvalue weighted by molar-refractivity contribution is 5.85. The van der Waals surface area contributed by atoms with Crippen LogP contribution in [0.3, 0.4) is 0 Å². The van der Waals surface area contributed by atoms with E-state index in [4.69, 9.17) is 0 Å². The van der Waals surface area contributed by atoms with E-state index in [0.717, 1.165) is 16.5 Å². The molecule has 0 fully saturated rings. The molecule has 17 heavy (non-hydrogen) atoms. The van der Waals surface area contributed by atoms with Crippen molar-refractivity contribution in [1.82, 2.24) is 10.3 Å². The number of aromatic amines is 1. The van der Waals surface area contributed by atoms with Crippen molar-refractivity contribution < 1.29 is 9.90 Å². The summed E-state index contributed by atoms with van der Waals surface area (Å²) < 4.78 is 0. The molecule has 4 nitrogen and oxygen atoms in total. The third-order valence-electron chi connectivity index (χ3n) is 2.97. The van der Waals surface area contributed by atoms with Crippen molar-refractivity contribution in [2.24, 2.45) is 5.92 Å². The van der Waals surface area contributed by atoms with E-state index in [9.17, 15) is 9.90 Å². The van der Waals surface area contributed by atoms with E-state index in [1.807, 2.05) is 19.2 Å². The van der Waals surface area contributed by atoms with Gasteiger partial charge in [-0.15, -0.1) is 0 Å². The zero-order valence-electron chi connectivity index (χ0n) is 9.95. The van der Waals surface area contributed by atoms with Gasteiger partial charge in [-0.3, -0.25) is 4.79 Å². The highest BCUT2D eigenvalue weighted by atomic mass is 16.3. The van der Waals surface area contributed by atoms with Crippen molar-refractivity contribution in [3.63, 3.8) is 0 Å². The number of rotatable bonds is 3. The van der Waals surface area contributed by atoms with E-state index in [1.54, 1.807) is 19.2 Å². The zero-order chi connectivity index (χ0) is 12.4. The molecular formula is C13H16N2O2. The summed E-state index contributed by atoms with van der Waals surface area (Å²) in [6, 6.07) is 5.20. The van der Waals surface area contributed by atoms with Crippen molar-refractivity contribution in [2.75, 3.05) is 7.05 Å². The summed E-state index contributed by atoms with van der Waals surface area (Å²) in [5.74, 6) is 0.187. The molecule has 0 bridgehead atoms. The molecule has 2 aromatic rings. The zero-order valence-corrected chi connectivity index (χ0v) is 9.95. The predicted molar refractivity (Wildman–Crippen MR) is 66.9 cm³/mol. The van der Waals surface area contributed by atoms with Crippen molar-refractivity contribution in [2.45, 2.75) is 13.3 Å². The lowest BCUT2D eigenvalue weighted by atomic mass is 10.00. The fourth-order valence-corrected chi connectivity index (χ4v) is 2.00. The number of carbonyl (C=O) groups excluding carboxylic acids is 1. The molecule has 0 radical (unpaired) electrons. The summed E-state index contributed by atoms with van der Waals surface area (Å²) in [5.41, 5.74) is 2.02. The highest BCUT2D eigenvalue weighted by Gasteiger charge is 2.14. The average Bonchev–Trinajstić information content (AvgIpc) is 2.71. The summed E-state index contributed by atoms with van der Waals surface area (Å²) in [5, 5.41) is 13.1. The number of nitrogens with one attached hydrogen (secondary N) is 2. The number of hydrogen-bond acceptors (Lipinski definition) is 2. The Labute approximate surface area is 99.7 Å².